The van der Waals surface area contributed by atoms with Crippen molar-refractivity contribution in [3.63, 3.8) is 0 Å². The van der Waals surface area contributed by atoms with Gasteiger partial charge in [-0.1, -0.05) is 38.3 Å². The van der Waals surface area contributed by atoms with Crippen molar-refractivity contribution in [3.05, 3.63) is 28.5 Å². The quantitative estimate of drug-likeness (QED) is 0.767. The van der Waals surface area contributed by atoms with Crippen molar-refractivity contribution in [2.75, 3.05) is 5.33 Å². The Labute approximate surface area is 129 Å². The van der Waals surface area contributed by atoms with Gasteiger partial charge in [-0.25, -0.2) is 17.5 Å². The smallest absolute Gasteiger partial charge is 0.208 e. The molecule has 0 saturated heterocycles. The van der Waals surface area contributed by atoms with Gasteiger partial charge in [0.1, 0.15) is 10.7 Å². The summed E-state index contributed by atoms with van der Waals surface area (Å²) in [5, 5.41) is 0.753. The maximum atomic E-state index is 13.7. The monoisotopic (exact) mass is 413 g/mol. The van der Waals surface area contributed by atoms with Gasteiger partial charge >= 0.3 is 0 Å². The lowest BCUT2D eigenvalue weighted by atomic mass is 10.1. The van der Waals surface area contributed by atoms with Gasteiger partial charge in [0.2, 0.25) is 10.0 Å². The molecule has 3 nitrogen and oxygen atoms in total. The minimum atomic E-state index is -3.80. The highest BCUT2D eigenvalue weighted by molar-refractivity contribution is 9.10. The second kappa shape index (κ2) is 6.20. The SMILES string of the molecule is O=S(=O)(NC1CCCC1CBr)c1ccc(Br)cc1F. The largest absolute Gasteiger partial charge is 0.243 e. The lowest BCUT2D eigenvalue weighted by Crippen LogP contribution is -2.38. The van der Waals surface area contributed by atoms with Gasteiger partial charge in [0.25, 0.3) is 0 Å². The molecule has 0 bridgehead atoms. The molecule has 19 heavy (non-hydrogen) atoms. The third kappa shape index (κ3) is 3.56. The summed E-state index contributed by atoms with van der Waals surface area (Å²) in [5.74, 6) is -0.469. The van der Waals surface area contributed by atoms with Crippen LogP contribution in [0.4, 0.5) is 4.39 Å². The third-order valence-electron chi connectivity index (χ3n) is 3.35. The van der Waals surface area contributed by atoms with Crippen molar-refractivity contribution in [2.45, 2.75) is 30.2 Å². The van der Waals surface area contributed by atoms with E-state index in [0.717, 1.165) is 30.7 Å². The van der Waals surface area contributed by atoms with Crippen LogP contribution in [0.25, 0.3) is 0 Å². The normalized spacial score (nSPS) is 23.7. The van der Waals surface area contributed by atoms with Crippen LogP contribution in [0.2, 0.25) is 0 Å². The molecule has 106 valence electrons. The van der Waals surface area contributed by atoms with Crippen LogP contribution >= 0.6 is 31.9 Å². The van der Waals surface area contributed by atoms with Crippen LogP contribution < -0.4 is 4.72 Å². The lowest BCUT2D eigenvalue weighted by molar-refractivity contribution is 0.480. The molecule has 0 radical (unpaired) electrons. The Morgan fingerprint density at radius 3 is 2.74 bits per heavy atom. The summed E-state index contributed by atoms with van der Waals surface area (Å²) < 4.78 is 41.3. The molecule has 7 heteroatoms. The van der Waals surface area contributed by atoms with Crippen LogP contribution in [-0.4, -0.2) is 19.8 Å². The Bertz CT molecular complexity index is 565. The van der Waals surface area contributed by atoms with Gasteiger partial charge in [-0.15, -0.1) is 0 Å². The lowest BCUT2D eigenvalue weighted by Gasteiger charge is -2.19. The first-order chi connectivity index (χ1) is 8.94. The summed E-state index contributed by atoms with van der Waals surface area (Å²) in [7, 11) is -3.80. The molecule has 0 heterocycles. The van der Waals surface area contributed by atoms with Gasteiger partial charge in [-0.3, -0.25) is 0 Å². The maximum absolute atomic E-state index is 13.7. The molecule has 0 amide bonds. The zero-order valence-electron chi connectivity index (χ0n) is 10.1. The fourth-order valence-electron chi connectivity index (χ4n) is 2.33. The first kappa shape index (κ1) is 15.4. The molecule has 2 rings (SSSR count). The number of hydrogen-bond donors (Lipinski definition) is 1. The summed E-state index contributed by atoms with van der Waals surface area (Å²) in [6.45, 7) is 0. The number of alkyl halides is 1. The highest BCUT2D eigenvalue weighted by atomic mass is 79.9. The molecular formula is C12H14Br2FNO2S. The van der Waals surface area contributed by atoms with E-state index >= 15 is 0 Å². The van der Waals surface area contributed by atoms with Gasteiger partial charge < -0.3 is 0 Å². The second-order valence-electron chi connectivity index (χ2n) is 4.65. The fourth-order valence-corrected chi connectivity index (χ4v) is 4.84. The van der Waals surface area contributed by atoms with Crippen LogP contribution in [0, 0.1) is 11.7 Å². The molecule has 0 aromatic heterocycles. The zero-order chi connectivity index (χ0) is 14.0. The number of hydrogen-bond acceptors (Lipinski definition) is 2. The Morgan fingerprint density at radius 2 is 2.11 bits per heavy atom. The van der Waals surface area contributed by atoms with Crippen LogP contribution in [-0.2, 0) is 10.0 Å². The second-order valence-corrected chi connectivity index (χ2v) is 7.89. The molecule has 1 saturated carbocycles. The number of benzene rings is 1. The fraction of sp³-hybridized carbons (Fsp3) is 0.500. The van der Waals surface area contributed by atoms with Crippen molar-refractivity contribution in [2.24, 2.45) is 5.92 Å². The molecule has 0 aliphatic heterocycles. The molecule has 1 aliphatic carbocycles. The average Bonchev–Trinajstić information content (AvgIpc) is 2.74. The topological polar surface area (TPSA) is 46.2 Å². The first-order valence-corrected chi connectivity index (χ1v) is 9.37. The van der Waals surface area contributed by atoms with Crippen LogP contribution in [0.15, 0.2) is 27.6 Å². The van der Waals surface area contributed by atoms with E-state index in [1.807, 2.05) is 0 Å². The summed E-state index contributed by atoms with van der Waals surface area (Å²) in [5.41, 5.74) is 0. The highest BCUT2D eigenvalue weighted by Crippen LogP contribution is 2.29. The number of sulfonamides is 1. The van der Waals surface area contributed by atoms with Gasteiger partial charge in [-0.2, -0.15) is 0 Å². The zero-order valence-corrected chi connectivity index (χ0v) is 14.1. The van der Waals surface area contributed by atoms with E-state index < -0.39 is 15.8 Å². The number of rotatable bonds is 4. The minimum absolute atomic E-state index is 0.118. The van der Waals surface area contributed by atoms with E-state index in [1.54, 1.807) is 0 Å². The van der Waals surface area contributed by atoms with E-state index in [9.17, 15) is 12.8 Å². The molecule has 1 aromatic rings. The van der Waals surface area contributed by atoms with Crippen molar-refractivity contribution >= 4 is 41.9 Å². The summed E-state index contributed by atoms with van der Waals surface area (Å²) in [4.78, 5) is -0.295. The number of nitrogens with one attached hydrogen (secondary N) is 1. The van der Waals surface area contributed by atoms with E-state index in [4.69, 9.17) is 0 Å². The standard InChI is InChI=1S/C12H14Br2FNO2S/c13-7-8-2-1-3-11(8)16-19(17,18)12-5-4-9(14)6-10(12)15/h4-6,8,11,16H,1-3,7H2. The van der Waals surface area contributed by atoms with Gasteiger partial charge in [0, 0.05) is 15.8 Å². The maximum Gasteiger partial charge on any atom is 0.243 e. The Morgan fingerprint density at radius 1 is 1.37 bits per heavy atom. The molecule has 1 aromatic carbocycles. The summed E-state index contributed by atoms with van der Waals surface area (Å²) in [6, 6.07) is 3.84. The predicted octanol–water partition coefficient (Wildman–Crippen LogP) is 3.43. The third-order valence-corrected chi connectivity index (χ3v) is 6.20. The molecule has 2 atom stereocenters. The average molecular weight is 415 g/mol. The van der Waals surface area contributed by atoms with Crippen molar-refractivity contribution in [1.29, 1.82) is 0 Å². The number of halogens is 3. The summed E-state index contributed by atoms with van der Waals surface area (Å²) >= 11 is 6.50. The van der Waals surface area contributed by atoms with E-state index in [2.05, 4.69) is 36.6 Å². The van der Waals surface area contributed by atoms with E-state index in [0.29, 0.717) is 4.47 Å². The van der Waals surface area contributed by atoms with E-state index in [1.165, 1.54) is 12.1 Å². The van der Waals surface area contributed by atoms with Gasteiger partial charge in [0.05, 0.1) is 0 Å². The molecule has 2 unspecified atom stereocenters. The molecule has 1 aliphatic rings. The Kier molecular flexibility index (Phi) is 5.03. The van der Waals surface area contributed by atoms with Crippen molar-refractivity contribution in [1.82, 2.24) is 4.72 Å². The minimum Gasteiger partial charge on any atom is -0.208 e. The van der Waals surface area contributed by atoms with Gasteiger partial charge in [-0.05, 0) is 37.0 Å². The van der Waals surface area contributed by atoms with Crippen LogP contribution in [0.3, 0.4) is 0 Å². The molecule has 0 spiro atoms. The van der Waals surface area contributed by atoms with Crippen LogP contribution in [0.5, 0.6) is 0 Å². The Balaban J connectivity index is 2.23. The first-order valence-electron chi connectivity index (χ1n) is 5.97. The molecular weight excluding hydrogens is 401 g/mol. The van der Waals surface area contributed by atoms with Crippen molar-refractivity contribution in [3.8, 4) is 0 Å². The molecule has 1 N–H and O–H groups in total. The van der Waals surface area contributed by atoms with Gasteiger partial charge in [0.15, 0.2) is 0 Å². The predicted molar refractivity (Wildman–Crippen MR) is 79.3 cm³/mol. The molecule has 1 fully saturated rings. The highest BCUT2D eigenvalue weighted by Gasteiger charge is 2.31. The summed E-state index contributed by atoms with van der Waals surface area (Å²) in [6.07, 6.45) is 2.78. The van der Waals surface area contributed by atoms with Crippen LogP contribution in [0.1, 0.15) is 19.3 Å². The van der Waals surface area contributed by atoms with Crippen molar-refractivity contribution < 1.29 is 12.8 Å². The van der Waals surface area contributed by atoms with E-state index in [-0.39, 0.29) is 16.9 Å². The Hall–Kier alpha value is 0.0200.